The summed E-state index contributed by atoms with van der Waals surface area (Å²) in [4.78, 5) is 14.4. The Morgan fingerprint density at radius 1 is 1.00 bits per heavy atom. The molecule has 3 saturated carbocycles. The van der Waals surface area contributed by atoms with E-state index in [1.165, 1.54) is 0 Å². The van der Waals surface area contributed by atoms with Gasteiger partial charge in [-0.05, 0) is 110 Å². The minimum atomic E-state index is -1.26. The van der Waals surface area contributed by atoms with Crippen LogP contribution in [0.25, 0.3) is 0 Å². The number of carbonyl (C=O) groups excluding carboxylic acids is 1. The summed E-state index contributed by atoms with van der Waals surface area (Å²) in [5.41, 5.74) is -3.03. The van der Waals surface area contributed by atoms with Gasteiger partial charge in [-0.1, -0.05) is 46.8 Å². The Bertz CT molecular complexity index is 1270. The van der Waals surface area contributed by atoms with E-state index in [4.69, 9.17) is 4.74 Å². The first-order valence-electron chi connectivity index (χ1n) is 16.0. The number of aliphatic hydroxyl groups is 4. The second-order valence-corrected chi connectivity index (χ2v) is 15.7. The average Bonchev–Trinajstić information content (AvgIpc) is 3.67. The van der Waals surface area contributed by atoms with Gasteiger partial charge in [-0.25, -0.2) is 0 Å². The summed E-state index contributed by atoms with van der Waals surface area (Å²) in [6.45, 7) is 12.5. The highest BCUT2D eigenvalue weighted by Crippen LogP contribution is 2.71. The van der Waals surface area contributed by atoms with Crippen LogP contribution in [-0.2, 0) is 16.0 Å². The quantitative estimate of drug-likeness (QED) is 0.316. The van der Waals surface area contributed by atoms with Crippen LogP contribution in [0.4, 0.5) is 0 Å². The lowest BCUT2D eigenvalue weighted by Gasteiger charge is -2.64. The molecule has 0 radical (unpaired) electrons. The molecule has 7 nitrogen and oxygen atoms in total. The fourth-order valence-electron chi connectivity index (χ4n) is 10.3. The van der Waals surface area contributed by atoms with Gasteiger partial charge in [-0.15, -0.1) is 0 Å². The van der Waals surface area contributed by atoms with Crippen LogP contribution in [0.2, 0.25) is 0 Å². The Balaban J connectivity index is 1.38. The normalized spacial score (nSPS) is 46.7. The molecule has 1 saturated heterocycles. The van der Waals surface area contributed by atoms with E-state index in [2.05, 4.69) is 34.6 Å². The molecular formula is C35H50O7. The van der Waals surface area contributed by atoms with Crippen LogP contribution in [-0.4, -0.2) is 66.9 Å². The highest BCUT2D eigenvalue weighted by molar-refractivity contribution is 5.98. The summed E-state index contributed by atoms with van der Waals surface area (Å²) in [6, 6.07) is 6.86. The van der Waals surface area contributed by atoms with Crippen molar-refractivity contribution in [2.24, 2.45) is 39.9 Å². The first-order chi connectivity index (χ1) is 19.5. The minimum Gasteiger partial charge on any atom is -0.508 e. The molecule has 1 aliphatic heterocycles. The second kappa shape index (κ2) is 9.61. The maximum Gasteiger partial charge on any atom is 0.162 e. The third-order valence-corrected chi connectivity index (χ3v) is 13.4. The van der Waals surface area contributed by atoms with Gasteiger partial charge >= 0.3 is 0 Å². The van der Waals surface area contributed by atoms with Crippen molar-refractivity contribution in [1.29, 1.82) is 0 Å². The first kappa shape index (κ1) is 30.3. The number of epoxide rings is 1. The SMILES string of the molecule is CC(C)C(C)C1OC1C(C)(O)C1CCC2(O)C3=CC(=O)C4(Cc5ccc(O)cc5)CC(O)C(O)CC4(C)C3CCC12C. The number of aliphatic hydroxyl groups excluding tert-OH is 2. The molecule has 6 rings (SSSR count). The molecule has 7 heteroatoms. The third kappa shape index (κ3) is 3.99. The number of hydrogen-bond acceptors (Lipinski definition) is 7. The van der Waals surface area contributed by atoms with E-state index >= 15 is 0 Å². The molecular weight excluding hydrogens is 532 g/mol. The molecule has 4 fully saturated rings. The number of phenolic OH excluding ortho intramolecular Hbond substituents is 1. The smallest absolute Gasteiger partial charge is 0.162 e. The molecule has 4 aliphatic carbocycles. The van der Waals surface area contributed by atoms with Crippen molar-refractivity contribution in [3.05, 3.63) is 41.5 Å². The zero-order valence-corrected chi connectivity index (χ0v) is 26.0. The number of aromatic hydroxyl groups is 1. The van der Waals surface area contributed by atoms with Crippen LogP contribution < -0.4 is 0 Å². The van der Waals surface area contributed by atoms with Crippen molar-refractivity contribution in [2.45, 2.75) is 122 Å². The molecule has 42 heavy (non-hydrogen) atoms. The predicted molar refractivity (Wildman–Crippen MR) is 158 cm³/mol. The van der Waals surface area contributed by atoms with E-state index in [0.29, 0.717) is 37.5 Å². The fraction of sp³-hybridized carbons (Fsp3) is 0.743. The Morgan fingerprint density at radius 3 is 2.29 bits per heavy atom. The van der Waals surface area contributed by atoms with E-state index in [-0.39, 0.29) is 48.4 Å². The Labute approximate surface area is 250 Å². The van der Waals surface area contributed by atoms with Crippen LogP contribution in [0, 0.1) is 39.9 Å². The second-order valence-electron chi connectivity index (χ2n) is 15.7. The molecule has 232 valence electrons. The molecule has 0 bridgehead atoms. The molecule has 5 aliphatic rings. The van der Waals surface area contributed by atoms with Gasteiger partial charge < -0.3 is 30.3 Å². The van der Waals surface area contributed by atoms with Crippen molar-refractivity contribution in [3.63, 3.8) is 0 Å². The van der Waals surface area contributed by atoms with Crippen molar-refractivity contribution >= 4 is 5.78 Å². The van der Waals surface area contributed by atoms with Crippen LogP contribution in [0.15, 0.2) is 35.9 Å². The molecule has 0 amide bonds. The van der Waals surface area contributed by atoms with Gasteiger partial charge in [0.1, 0.15) is 11.9 Å². The number of allylic oxidation sites excluding steroid dienone is 1. The summed E-state index contributed by atoms with van der Waals surface area (Å²) in [7, 11) is 0. The lowest BCUT2D eigenvalue weighted by atomic mass is 9.40. The number of ketones is 1. The molecule has 0 aromatic heterocycles. The third-order valence-electron chi connectivity index (χ3n) is 13.4. The molecule has 1 aromatic rings. The molecule has 12 unspecified atom stereocenters. The van der Waals surface area contributed by atoms with Gasteiger partial charge in [-0.3, -0.25) is 4.79 Å². The summed E-state index contributed by atoms with van der Waals surface area (Å²) >= 11 is 0. The lowest BCUT2D eigenvalue weighted by molar-refractivity contribution is -0.184. The van der Waals surface area contributed by atoms with Gasteiger partial charge in [0, 0.05) is 10.8 Å². The number of phenols is 1. The van der Waals surface area contributed by atoms with Gasteiger partial charge in [-0.2, -0.15) is 0 Å². The minimum absolute atomic E-state index is 0.00122. The molecule has 0 spiro atoms. The molecule has 1 heterocycles. The van der Waals surface area contributed by atoms with Crippen LogP contribution in [0.1, 0.15) is 85.6 Å². The highest BCUT2D eigenvalue weighted by Gasteiger charge is 2.73. The number of ether oxygens (including phenoxy) is 1. The van der Waals surface area contributed by atoms with Crippen molar-refractivity contribution in [2.75, 3.05) is 0 Å². The maximum atomic E-state index is 14.4. The summed E-state index contributed by atoms with van der Waals surface area (Å²) in [6.07, 6.45) is 2.73. The molecule has 1 aromatic carbocycles. The van der Waals surface area contributed by atoms with E-state index in [0.717, 1.165) is 17.6 Å². The van der Waals surface area contributed by atoms with Crippen LogP contribution >= 0.6 is 0 Å². The first-order valence-corrected chi connectivity index (χ1v) is 16.0. The van der Waals surface area contributed by atoms with Gasteiger partial charge in [0.15, 0.2) is 5.78 Å². The maximum absolute atomic E-state index is 14.4. The van der Waals surface area contributed by atoms with Gasteiger partial charge in [0.25, 0.3) is 0 Å². The fourth-order valence-corrected chi connectivity index (χ4v) is 10.3. The zero-order valence-electron chi connectivity index (χ0n) is 26.0. The summed E-state index contributed by atoms with van der Waals surface area (Å²) in [5.74, 6) is 0.446. The van der Waals surface area contributed by atoms with E-state index < -0.39 is 39.7 Å². The Kier molecular flexibility index (Phi) is 6.93. The molecule has 12 atom stereocenters. The molecule has 5 N–H and O–H groups in total. The number of hydrogen-bond donors (Lipinski definition) is 5. The zero-order chi connectivity index (χ0) is 30.6. The topological polar surface area (TPSA) is 131 Å². The van der Waals surface area contributed by atoms with Crippen LogP contribution in [0.3, 0.4) is 0 Å². The van der Waals surface area contributed by atoms with E-state index in [9.17, 15) is 30.3 Å². The number of carbonyl (C=O) groups is 1. The number of benzene rings is 1. The van der Waals surface area contributed by atoms with Gasteiger partial charge in [0.05, 0.1) is 29.5 Å². The summed E-state index contributed by atoms with van der Waals surface area (Å²) < 4.78 is 6.12. The predicted octanol–water partition coefficient (Wildman–Crippen LogP) is 4.32. The monoisotopic (exact) mass is 582 g/mol. The standard InChI is InChI=1S/C35H50O7/c1-19(2)20(3)29-30(42-29)33(6,40)27-12-14-35(41)24-15-28(39)34(16-21-7-9-22(36)10-8-21)18-26(38)25(37)17-32(34,5)23(24)11-13-31(27,35)4/h7-10,15,19-20,23,25-27,29-30,36-38,40-41H,11-14,16-18H2,1-6H3. The van der Waals surface area contributed by atoms with Crippen molar-refractivity contribution in [3.8, 4) is 5.75 Å². The van der Waals surface area contributed by atoms with Gasteiger partial charge in [0.2, 0.25) is 0 Å². The van der Waals surface area contributed by atoms with E-state index in [1.54, 1.807) is 18.2 Å². The average molecular weight is 583 g/mol. The Morgan fingerprint density at radius 2 is 1.64 bits per heavy atom. The highest BCUT2D eigenvalue weighted by atomic mass is 16.6. The number of rotatable bonds is 6. The number of fused-ring (bicyclic) bond motifs is 5. The summed E-state index contributed by atoms with van der Waals surface area (Å²) in [5, 5.41) is 56.5. The lowest BCUT2D eigenvalue weighted by Crippen LogP contribution is -2.66. The Hall–Kier alpha value is -1.77. The van der Waals surface area contributed by atoms with Crippen molar-refractivity contribution < 1.29 is 35.1 Å². The van der Waals surface area contributed by atoms with Crippen LogP contribution in [0.5, 0.6) is 5.75 Å². The van der Waals surface area contributed by atoms with E-state index in [1.807, 2.05) is 19.1 Å². The largest absolute Gasteiger partial charge is 0.508 e. The van der Waals surface area contributed by atoms with Crippen molar-refractivity contribution in [1.82, 2.24) is 0 Å².